The zero-order valence-electron chi connectivity index (χ0n) is 13.2. The van der Waals surface area contributed by atoms with Gasteiger partial charge in [-0.05, 0) is 47.9 Å². The highest BCUT2D eigenvalue weighted by molar-refractivity contribution is 6.31. The second-order valence-corrected chi connectivity index (χ2v) is 6.26. The second-order valence-electron chi connectivity index (χ2n) is 5.82. The minimum atomic E-state index is -0.979. The number of nitrogens with zero attached hydrogens (tertiary/aromatic N) is 3. The number of halogens is 1. The van der Waals surface area contributed by atoms with Gasteiger partial charge in [-0.25, -0.2) is 14.8 Å². The van der Waals surface area contributed by atoms with Gasteiger partial charge in [0.25, 0.3) is 0 Å². The third-order valence-electron chi connectivity index (χ3n) is 4.26. The maximum Gasteiger partial charge on any atom is 0.328 e. The van der Waals surface area contributed by atoms with Crippen LogP contribution in [0.15, 0.2) is 48.8 Å². The number of hydrogen-bond donors (Lipinski definition) is 1. The van der Waals surface area contributed by atoms with E-state index in [0.29, 0.717) is 5.02 Å². The lowest BCUT2D eigenvalue weighted by molar-refractivity contribution is -0.131. The van der Waals surface area contributed by atoms with Gasteiger partial charge in [0.15, 0.2) is 0 Å². The van der Waals surface area contributed by atoms with Crippen LogP contribution in [0.3, 0.4) is 0 Å². The molecule has 1 aliphatic heterocycles. The van der Waals surface area contributed by atoms with E-state index in [2.05, 4.69) is 14.9 Å². The molecule has 0 unspecified atom stereocenters. The Morgan fingerprint density at radius 1 is 1.20 bits per heavy atom. The van der Waals surface area contributed by atoms with E-state index in [4.69, 9.17) is 16.7 Å². The molecule has 1 aliphatic rings. The molecule has 25 heavy (non-hydrogen) atoms. The number of aliphatic carboxylic acids is 1. The first-order valence-corrected chi connectivity index (χ1v) is 8.21. The van der Waals surface area contributed by atoms with Gasteiger partial charge in [-0.15, -0.1) is 0 Å². The summed E-state index contributed by atoms with van der Waals surface area (Å²) in [6, 6.07) is 11.5. The Morgan fingerprint density at radius 3 is 2.92 bits per heavy atom. The first-order chi connectivity index (χ1) is 12.1. The average Bonchev–Trinajstić information content (AvgIpc) is 3.02. The molecule has 0 spiro atoms. The molecule has 5 nitrogen and oxygen atoms in total. The van der Waals surface area contributed by atoms with Crippen molar-refractivity contribution in [2.24, 2.45) is 0 Å². The first kappa shape index (κ1) is 15.6. The Labute approximate surface area is 149 Å². The van der Waals surface area contributed by atoms with E-state index in [1.54, 1.807) is 12.4 Å². The Hall–Kier alpha value is -2.92. The summed E-state index contributed by atoms with van der Waals surface area (Å²) in [5.74, 6) is -0.177. The first-order valence-electron chi connectivity index (χ1n) is 7.83. The van der Waals surface area contributed by atoms with E-state index < -0.39 is 5.97 Å². The SMILES string of the molecule is O=C(O)C=Cc1ccc2ncnc(N3CCc4ccc(Cl)cc43)c2c1. The van der Waals surface area contributed by atoms with Crippen LogP contribution >= 0.6 is 11.6 Å². The second kappa shape index (κ2) is 6.18. The maximum atomic E-state index is 10.7. The number of carboxylic acids is 1. The van der Waals surface area contributed by atoms with Crippen LogP contribution in [0.4, 0.5) is 11.5 Å². The van der Waals surface area contributed by atoms with Crippen LogP contribution in [0.1, 0.15) is 11.1 Å². The Balaban J connectivity index is 1.84. The lowest BCUT2D eigenvalue weighted by Gasteiger charge is -2.20. The molecule has 1 N–H and O–H groups in total. The summed E-state index contributed by atoms with van der Waals surface area (Å²) >= 11 is 6.17. The molecule has 124 valence electrons. The van der Waals surface area contributed by atoms with Crippen LogP contribution in [0.25, 0.3) is 17.0 Å². The van der Waals surface area contributed by atoms with Crippen LogP contribution < -0.4 is 4.90 Å². The van der Waals surface area contributed by atoms with Gasteiger partial charge in [-0.2, -0.15) is 0 Å². The number of aromatic nitrogens is 2. The van der Waals surface area contributed by atoms with Crippen molar-refractivity contribution in [3.8, 4) is 0 Å². The summed E-state index contributed by atoms with van der Waals surface area (Å²) in [5, 5.41) is 10.4. The minimum absolute atomic E-state index is 0.689. The zero-order valence-corrected chi connectivity index (χ0v) is 13.9. The Kier molecular flexibility index (Phi) is 3.86. The minimum Gasteiger partial charge on any atom is -0.478 e. The molecule has 0 aliphatic carbocycles. The van der Waals surface area contributed by atoms with Crippen molar-refractivity contribution >= 4 is 46.1 Å². The molecule has 0 bridgehead atoms. The fourth-order valence-corrected chi connectivity index (χ4v) is 3.29. The van der Waals surface area contributed by atoms with Crippen LogP contribution in [0.2, 0.25) is 5.02 Å². The molecule has 2 heterocycles. The molecular formula is C19H14ClN3O2. The van der Waals surface area contributed by atoms with Gasteiger partial charge in [0.2, 0.25) is 0 Å². The number of benzene rings is 2. The van der Waals surface area contributed by atoms with Gasteiger partial charge in [-0.1, -0.05) is 23.7 Å². The van der Waals surface area contributed by atoms with Crippen molar-refractivity contribution in [1.29, 1.82) is 0 Å². The van der Waals surface area contributed by atoms with Crippen molar-refractivity contribution in [3.63, 3.8) is 0 Å². The number of carboxylic acid groups (broad SMARTS) is 1. The topological polar surface area (TPSA) is 66.3 Å². The van der Waals surface area contributed by atoms with Crippen LogP contribution in [-0.4, -0.2) is 27.6 Å². The quantitative estimate of drug-likeness (QED) is 0.720. The van der Waals surface area contributed by atoms with Crippen LogP contribution in [-0.2, 0) is 11.2 Å². The monoisotopic (exact) mass is 351 g/mol. The van der Waals surface area contributed by atoms with E-state index in [0.717, 1.165) is 47.0 Å². The van der Waals surface area contributed by atoms with Crippen molar-refractivity contribution in [3.05, 3.63) is 65.0 Å². The lowest BCUT2D eigenvalue weighted by atomic mass is 10.1. The van der Waals surface area contributed by atoms with Crippen molar-refractivity contribution in [1.82, 2.24) is 9.97 Å². The molecule has 1 aromatic heterocycles. The highest BCUT2D eigenvalue weighted by Gasteiger charge is 2.23. The predicted molar refractivity (Wildman–Crippen MR) is 98.4 cm³/mol. The number of carbonyl (C=O) groups is 1. The summed E-state index contributed by atoms with van der Waals surface area (Å²) in [6.45, 7) is 0.816. The van der Waals surface area contributed by atoms with Gasteiger partial charge < -0.3 is 10.0 Å². The fourth-order valence-electron chi connectivity index (χ4n) is 3.12. The molecule has 0 amide bonds. The molecule has 0 saturated heterocycles. The molecule has 6 heteroatoms. The molecule has 0 radical (unpaired) electrons. The standard InChI is InChI=1S/C19H14ClN3O2/c20-14-4-3-13-7-8-23(17(13)10-14)19-15-9-12(2-6-18(24)25)1-5-16(15)21-11-22-19/h1-6,9-11H,7-8H2,(H,24,25). The van der Waals surface area contributed by atoms with Gasteiger partial charge in [0, 0.05) is 28.7 Å². The van der Waals surface area contributed by atoms with Gasteiger partial charge in [-0.3, -0.25) is 0 Å². The normalized spacial score (nSPS) is 13.6. The van der Waals surface area contributed by atoms with E-state index in [1.807, 2.05) is 36.4 Å². The molecular weight excluding hydrogens is 338 g/mol. The van der Waals surface area contributed by atoms with Crippen molar-refractivity contribution in [2.45, 2.75) is 6.42 Å². The van der Waals surface area contributed by atoms with Crippen molar-refractivity contribution < 1.29 is 9.90 Å². The van der Waals surface area contributed by atoms with E-state index in [1.165, 1.54) is 5.56 Å². The molecule has 0 atom stereocenters. The smallest absolute Gasteiger partial charge is 0.328 e. The third kappa shape index (κ3) is 2.94. The van der Waals surface area contributed by atoms with Gasteiger partial charge >= 0.3 is 5.97 Å². The number of rotatable bonds is 3. The Morgan fingerprint density at radius 2 is 2.08 bits per heavy atom. The van der Waals surface area contributed by atoms with E-state index >= 15 is 0 Å². The Bertz CT molecular complexity index is 1020. The summed E-state index contributed by atoms with van der Waals surface area (Å²) in [6.07, 6.45) is 5.16. The van der Waals surface area contributed by atoms with Gasteiger partial charge in [0.05, 0.1) is 5.52 Å². The summed E-state index contributed by atoms with van der Waals surface area (Å²) in [7, 11) is 0. The highest BCUT2D eigenvalue weighted by Crippen LogP contribution is 2.38. The fraction of sp³-hybridized carbons (Fsp3) is 0.105. The largest absolute Gasteiger partial charge is 0.478 e. The van der Waals surface area contributed by atoms with Crippen molar-refractivity contribution in [2.75, 3.05) is 11.4 Å². The average molecular weight is 352 g/mol. The van der Waals surface area contributed by atoms with Crippen LogP contribution in [0.5, 0.6) is 0 Å². The number of fused-ring (bicyclic) bond motifs is 2. The van der Waals surface area contributed by atoms with E-state index in [9.17, 15) is 4.79 Å². The molecule has 0 saturated carbocycles. The highest BCUT2D eigenvalue weighted by atomic mass is 35.5. The predicted octanol–water partition coefficient (Wildman–Crippen LogP) is 4.08. The number of anilines is 2. The summed E-state index contributed by atoms with van der Waals surface area (Å²) < 4.78 is 0. The maximum absolute atomic E-state index is 10.7. The van der Waals surface area contributed by atoms with Crippen LogP contribution in [0, 0.1) is 0 Å². The molecule has 3 aromatic rings. The van der Waals surface area contributed by atoms with Gasteiger partial charge in [0.1, 0.15) is 12.1 Å². The zero-order chi connectivity index (χ0) is 17.4. The van der Waals surface area contributed by atoms with E-state index in [-0.39, 0.29) is 0 Å². The third-order valence-corrected chi connectivity index (χ3v) is 4.49. The molecule has 0 fully saturated rings. The summed E-state index contributed by atoms with van der Waals surface area (Å²) in [4.78, 5) is 21.7. The lowest BCUT2D eigenvalue weighted by Crippen LogP contribution is -2.15. The molecule has 4 rings (SSSR count). The summed E-state index contributed by atoms with van der Waals surface area (Å²) in [5.41, 5.74) is 3.89. The molecule has 2 aromatic carbocycles. The number of hydrogen-bond acceptors (Lipinski definition) is 4.